The summed E-state index contributed by atoms with van der Waals surface area (Å²) in [5, 5.41) is 1.45. The van der Waals surface area contributed by atoms with Crippen LogP contribution < -0.4 is 0 Å². The number of allylic oxidation sites excluding steroid dienone is 3. The van der Waals surface area contributed by atoms with Gasteiger partial charge in [-0.2, -0.15) is 0 Å². The maximum atomic E-state index is 3.76. The molecule has 0 radical (unpaired) electrons. The van der Waals surface area contributed by atoms with Gasteiger partial charge in [-0.15, -0.1) is 0 Å². The summed E-state index contributed by atoms with van der Waals surface area (Å²) in [5.41, 5.74) is 0. The molecule has 0 aromatic heterocycles. The molecule has 0 rings (SSSR count). The summed E-state index contributed by atoms with van der Waals surface area (Å²) in [6, 6.07) is 0. The Kier molecular flexibility index (Phi) is 2.92. The molecule has 0 aromatic carbocycles. The second-order valence-electron chi connectivity index (χ2n) is 3.20. The zero-order valence-corrected chi connectivity index (χ0v) is 7.86. The Bertz CT molecular complexity index is 126. The quantitative estimate of drug-likeness (QED) is 0.408. The lowest BCUT2D eigenvalue weighted by atomic mass is 10.5. The van der Waals surface area contributed by atoms with Crippen LogP contribution in [0.3, 0.4) is 0 Å². The number of rotatable bonds is 2. The molecule has 0 aliphatic rings. The van der Waals surface area contributed by atoms with Crippen LogP contribution in [-0.2, 0) is 0 Å². The Hall–Kier alpha value is -0.303. The highest BCUT2D eigenvalue weighted by molar-refractivity contribution is 6.83. The van der Waals surface area contributed by atoms with Crippen molar-refractivity contribution in [1.29, 1.82) is 0 Å². The molecule has 0 amide bonds. The molecule has 0 atom stereocenters. The van der Waals surface area contributed by atoms with Gasteiger partial charge in [-0.25, -0.2) is 0 Å². The van der Waals surface area contributed by atoms with Crippen LogP contribution >= 0.6 is 0 Å². The van der Waals surface area contributed by atoms with E-state index in [0.717, 1.165) is 0 Å². The van der Waals surface area contributed by atoms with Crippen molar-refractivity contribution in [2.24, 2.45) is 0 Å². The molecule has 0 bridgehead atoms. The van der Waals surface area contributed by atoms with E-state index in [0.29, 0.717) is 0 Å². The largest absolute Gasteiger partial charge is 0.0992 e. The first kappa shape index (κ1) is 8.70. The van der Waals surface area contributed by atoms with Gasteiger partial charge < -0.3 is 0 Å². The van der Waals surface area contributed by atoms with Gasteiger partial charge in [-0.3, -0.25) is 0 Å². The van der Waals surface area contributed by atoms with Gasteiger partial charge in [-0.1, -0.05) is 43.6 Å². The van der Waals surface area contributed by atoms with Gasteiger partial charge in [0.1, 0.15) is 0 Å². The number of hydrogen-bond donors (Lipinski definition) is 0. The monoisotopic (exact) mass is 140 g/mol. The summed E-state index contributed by atoms with van der Waals surface area (Å²) >= 11 is 0. The molecule has 0 aliphatic heterocycles. The second kappa shape index (κ2) is 3.02. The fourth-order valence-corrected chi connectivity index (χ4v) is 2.34. The van der Waals surface area contributed by atoms with Crippen LogP contribution in [0.1, 0.15) is 6.92 Å². The van der Waals surface area contributed by atoms with Crippen LogP contribution in [-0.4, -0.2) is 8.07 Å². The maximum absolute atomic E-state index is 3.76. The molecule has 0 fully saturated rings. The molecule has 0 nitrogen and oxygen atoms in total. The van der Waals surface area contributed by atoms with E-state index in [1.54, 1.807) is 0 Å². The minimum absolute atomic E-state index is 1.04. The summed E-state index contributed by atoms with van der Waals surface area (Å²) in [4.78, 5) is 0. The average Bonchev–Trinajstić information content (AvgIpc) is 1.65. The molecule has 0 aliphatic carbocycles. The van der Waals surface area contributed by atoms with Gasteiger partial charge in [0.2, 0.25) is 0 Å². The Morgan fingerprint density at radius 3 is 1.78 bits per heavy atom. The molecule has 52 valence electrons. The highest BCUT2D eigenvalue weighted by atomic mass is 28.3. The minimum Gasteiger partial charge on any atom is -0.0992 e. The fraction of sp³-hybridized carbons (Fsp3) is 0.500. The molecule has 0 aromatic rings. The van der Waals surface area contributed by atoms with E-state index in [4.69, 9.17) is 0 Å². The SMILES string of the molecule is C=C/C(=C/C)[Si](C)(C)C. The Labute approximate surface area is 59.3 Å². The van der Waals surface area contributed by atoms with Crippen molar-refractivity contribution < 1.29 is 0 Å². The highest BCUT2D eigenvalue weighted by Crippen LogP contribution is 2.14. The number of hydrogen-bond acceptors (Lipinski definition) is 0. The topological polar surface area (TPSA) is 0 Å². The first-order valence-electron chi connectivity index (χ1n) is 3.31. The van der Waals surface area contributed by atoms with E-state index in [-0.39, 0.29) is 0 Å². The van der Waals surface area contributed by atoms with E-state index in [2.05, 4.69) is 39.2 Å². The third-order valence-electron chi connectivity index (χ3n) is 1.40. The fourth-order valence-electron chi connectivity index (χ4n) is 0.857. The predicted molar refractivity (Wildman–Crippen MR) is 47.3 cm³/mol. The molecule has 0 unspecified atom stereocenters. The summed E-state index contributed by atoms with van der Waals surface area (Å²) in [7, 11) is -1.04. The third kappa shape index (κ3) is 2.66. The van der Waals surface area contributed by atoms with E-state index in [1.807, 2.05) is 6.08 Å². The zero-order chi connectivity index (χ0) is 7.49. The Morgan fingerprint density at radius 2 is 1.78 bits per heavy atom. The van der Waals surface area contributed by atoms with Gasteiger partial charge in [-0.05, 0) is 6.92 Å². The van der Waals surface area contributed by atoms with Gasteiger partial charge in [0.05, 0.1) is 8.07 Å². The zero-order valence-electron chi connectivity index (χ0n) is 6.86. The molecule has 0 N–H and O–H groups in total. The highest BCUT2D eigenvalue weighted by Gasteiger charge is 2.14. The summed E-state index contributed by atoms with van der Waals surface area (Å²) < 4.78 is 0. The van der Waals surface area contributed by atoms with Crippen LogP contribution in [0.15, 0.2) is 23.9 Å². The van der Waals surface area contributed by atoms with Crippen LogP contribution in [0, 0.1) is 0 Å². The summed E-state index contributed by atoms with van der Waals surface area (Å²) in [6.07, 6.45) is 4.14. The lowest BCUT2D eigenvalue weighted by Gasteiger charge is -2.16. The molecule has 0 spiro atoms. The van der Waals surface area contributed by atoms with Crippen molar-refractivity contribution in [1.82, 2.24) is 0 Å². The first-order valence-corrected chi connectivity index (χ1v) is 6.81. The van der Waals surface area contributed by atoms with Crippen molar-refractivity contribution in [3.8, 4) is 0 Å². The third-order valence-corrected chi connectivity index (χ3v) is 3.62. The van der Waals surface area contributed by atoms with Crippen LogP contribution in [0.5, 0.6) is 0 Å². The van der Waals surface area contributed by atoms with E-state index >= 15 is 0 Å². The Balaban J connectivity index is 4.32. The van der Waals surface area contributed by atoms with Crippen LogP contribution in [0.2, 0.25) is 19.6 Å². The normalized spacial score (nSPS) is 13.6. The van der Waals surface area contributed by atoms with E-state index in [1.165, 1.54) is 5.20 Å². The predicted octanol–water partition coefficient (Wildman–Crippen LogP) is 3.00. The van der Waals surface area contributed by atoms with Crippen molar-refractivity contribution in [3.63, 3.8) is 0 Å². The first-order chi connectivity index (χ1) is 4.02. The standard InChI is InChI=1S/C8H16Si/c1-6-8(7-2)9(3,4)5/h6-7H,1H2,2-5H3/b8-7-. The molecular formula is C8H16Si. The molecule has 9 heavy (non-hydrogen) atoms. The maximum Gasteiger partial charge on any atom is 0.0771 e. The van der Waals surface area contributed by atoms with Gasteiger partial charge in [0.15, 0.2) is 0 Å². The molecule has 0 saturated carbocycles. The van der Waals surface area contributed by atoms with Crippen molar-refractivity contribution >= 4 is 8.07 Å². The minimum atomic E-state index is -1.04. The van der Waals surface area contributed by atoms with E-state index in [9.17, 15) is 0 Å². The summed E-state index contributed by atoms with van der Waals surface area (Å²) in [6.45, 7) is 12.8. The van der Waals surface area contributed by atoms with Crippen LogP contribution in [0.25, 0.3) is 0 Å². The van der Waals surface area contributed by atoms with Crippen molar-refractivity contribution in [2.45, 2.75) is 26.6 Å². The van der Waals surface area contributed by atoms with E-state index < -0.39 is 8.07 Å². The van der Waals surface area contributed by atoms with Crippen molar-refractivity contribution in [3.05, 3.63) is 23.9 Å². The van der Waals surface area contributed by atoms with Crippen molar-refractivity contribution in [2.75, 3.05) is 0 Å². The van der Waals surface area contributed by atoms with Gasteiger partial charge >= 0.3 is 0 Å². The molecule has 1 heteroatoms. The summed E-state index contributed by atoms with van der Waals surface area (Å²) in [5.74, 6) is 0. The molecule has 0 saturated heterocycles. The van der Waals surface area contributed by atoms with Gasteiger partial charge in [0.25, 0.3) is 0 Å². The second-order valence-corrected chi connectivity index (χ2v) is 8.28. The Morgan fingerprint density at radius 1 is 1.33 bits per heavy atom. The lowest BCUT2D eigenvalue weighted by Crippen LogP contribution is -2.22. The molecule has 0 heterocycles. The molecular weight excluding hydrogens is 124 g/mol. The van der Waals surface area contributed by atoms with Gasteiger partial charge in [0, 0.05) is 0 Å². The smallest absolute Gasteiger partial charge is 0.0771 e. The van der Waals surface area contributed by atoms with Crippen LogP contribution in [0.4, 0.5) is 0 Å². The average molecular weight is 140 g/mol. The lowest BCUT2D eigenvalue weighted by molar-refractivity contribution is 1.60.